The predicted octanol–water partition coefficient (Wildman–Crippen LogP) is 2.19. The number of aryl methyl sites for hydroxylation is 1. The number of carbonyl (C=O) groups excluding carboxylic acids is 1. The van der Waals surface area contributed by atoms with Crippen molar-refractivity contribution in [1.29, 1.82) is 0 Å². The Labute approximate surface area is 98.8 Å². The number of Topliss-reactive ketones (excluding diaryl/α,β-unsaturated/α-hetero) is 1. The molecule has 2 rings (SSSR count). The summed E-state index contributed by atoms with van der Waals surface area (Å²) in [6.07, 6.45) is 0. The lowest BCUT2D eigenvalue weighted by Gasteiger charge is -2.07. The molecule has 0 aliphatic rings. The monoisotopic (exact) mass is 231 g/mol. The molecule has 0 aliphatic carbocycles. The molecule has 0 saturated carbocycles. The molecule has 0 radical (unpaired) electrons. The maximum Gasteiger partial charge on any atom is 0.245 e. The van der Waals surface area contributed by atoms with Crippen molar-refractivity contribution in [3.05, 3.63) is 41.5 Å². The molecular weight excluding hydrogens is 218 g/mol. The maximum atomic E-state index is 11.4. The summed E-state index contributed by atoms with van der Waals surface area (Å²) in [4.78, 5) is 15.5. The Morgan fingerprint density at radius 3 is 2.82 bits per heavy atom. The number of carbonyl (C=O) groups is 1. The van der Waals surface area contributed by atoms with Crippen LogP contribution in [0.5, 0.6) is 0 Å². The van der Waals surface area contributed by atoms with Gasteiger partial charge in [0.15, 0.2) is 11.6 Å². The van der Waals surface area contributed by atoms with Crippen LogP contribution in [0.15, 0.2) is 28.8 Å². The van der Waals surface area contributed by atoms with Crippen LogP contribution in [0, 0.1) is 6.92 Å². The SMILES string of the molecule is CC(=O)c1ccccc1NCc1nc(C)no1. The highest BCUT2D eigenvalue weighted by molar-refractivity contribution is 5.99. The van der Waals surface area contributed by atoms with Crippen LogP contribution >= 0.6 is 0 Å². The minimum atomic E-state index is 0.0230. The van der Waals surface area contributed by atoms with Crippen molar-refractivity contribution in [2.45, 2.75) is 20.4 Å². The van der Waals surface area contributed by atoms with Crippen LogP contribution < -0.4 is 5.32 Å². The normalized spacial score (nSPS) is 10.2. The number of anilines is 1. The third-order valence-corrected chi connectivity index (χ3v) is 2.31. The van der Waals surface area contributed by atoms with Crippen molar-refractivity contribution in [2.24, 2.45) is 0 Å². The van der Waals surface area contributed by atoms with Crippen LogP contribution in [-0.2, 0) is 6.54 Å². The van der Waals surface area contributed by atoms with Gasteiger partial charge in [0.1, 0.15) is 0 Å². The number of ketones is 1. The second-order valence-electron chi connectivity index (χ2n) is 3.69. The molecule has 1 aromatic carbocycles. The summed E-state index contributed by atoms with van der Waals surface area (Å²) in [5.41, 5.74) is 1.43. The van der Waals surface area contributed by atoms with Crippen LogP contribution in [0.1, 0.15) is 29.0 Å². The van der Waals surface area contributed by atoms with E-state index in [1.165, 1.54) is 6.92 Å². The Kier molecular flexibility index (Phi) is 3.18. The van der Waals surface area contributed by atoms with Crippen molar-refractivity contribution in [1.82, 2.24) is 10.1 Å². The second-order valence-corrected chi connectivity index (χ2v) is 3.69. The van der Waals surface area contributed by atoms with Gasteiger partial charge in [0.2, 0.25) is 5.89 Å². The lowest BCUT2D eigenvalue weighted by atomic mass is 10.1. The number of hydrogen-bond acceptors (Lipinski definition) is 5. The molecule has 2 aromatic rings. The fraction of sp³-hybridized carbons (Fsp3) is 0.250. The highest BCUT2D eigenvalue weighted by Gasteiger charge is 2.07. The van der Waals surface area contributed by atoms with Gasteiger partial charge in [0, 0.05) is 11.3 Å². The molecule has 1 heterocycles. The number of para-hydroxylation sites is 1. The molecule has 0 saturated heterocycles. The zero-order chi connectivity index (χ0) is 12.3. The van der Waals surface area contributed by atoms with Crippen molar-refractivity contribution < 1.29 is 9.32 Å². The van der Waals surface area contributed by atoms with Gasteiger partial charge in [0.05, 0.1) is 6.54 Å². The van der Waals surface area contributed by atoms with Crippen LogP contribution in [0.4, 0.5) is 5.69 Å². The Balaban J connectivity index is 2.11. The van der Waals surface area contributed by atoms with Crippen LogP contribution in [0.2, 0.25) is 0 Å². The largest absolute Gasteiger partial charge is 0.376 e. The van der Waals surface area contributed by atoms with Crippen LogP contribution in [0.3, 0.4) is 0 Å². The minimum absolute atomic E-state index is 0.0230. The first-order valence-corrected chi connectivity index (χ1v) is 5.30. The average molecular weight is 231 g/mol. The van der Waals surface area contributed by atoms with E-state index < -0.39 is 0 Å². The Hall–Kier alpha value is -2.17. The average Bonchev–Trinajstić information content (AvgIpc) is 2.73. The predicted molar refractivity (Wildman–Crippen MR) is 62.8 cm³/mol. The molecule has 1 N–H and O–H groups in total. The second kappa shape index (κ2) is 4.78. The molecule has 0 atom stereocenters. The van der Waals surface area contributed by atoms with Crippen molar-refractivity contribution in [2.75, 3.05) is 5.32 Å². The number of nitrogens with zero attached hydrogens (tertiary/aromatic N) is 2. The molecule has 0 unspecified atom stereocenters. The first kappa shape index (κ1) is 11.3. The topological polar surface area (TPSA) is 68.0 Å². The van der Waals surface area contributed by atoms with Gasteiger partial charge < -0.3 is 9.84 Å². The van der Waals surface area contributed by atoms with Gasteiger partial charge in [-0.3, -0.25) is 4.79 Å². The van der Waals surface area contributed by atoms with E-state index >= 15 is 0 Å². The molecular formula is C12H13N3O2. The number of hydrogen-bond donors (Lipinski definition) is 1. The number of rotatable bonds is 4. The Morgan fingerprint density at radius 2 is 2.18 bits per heavy atom. The fourth-order valence-corrected chi connectivity index (χ4v) is 1.53. The van der Waals surface area contributed by atoms with Crippen molar-refractivity contribution >= 4 is 11.5 Å². The van der Waals surface area contributed by atoms with Gasteiger partial charge in [-0.2, -0.15) is 4.98 Å². The van der Waals surface area contributed by atoms with Crippen molar-refractivity contribution in [3.8, 4) is 0 Å². The molecule has 88 valence electrons. The van der Waals surface area contributed by atoms with Gasteiger partial charge in [-0.15, -0.1) is 0 Å². The molecule has 0 amide bonds. The van der Waals surface area contributed by atoms with Gasteiger partial charge in [-0.05, 0) is 26.0 Å². The molecule has 0 fully saturated rings. The quantitative estimate of drug-likeness (QED) is 0.817. The molecule has 0 bridgehead atoms. The standard InChI is InChI=1S/C12H13N3O2/c1-8(16)10-5-3-4-6-11(10)13-7-12-14-9(2)15-17-12/h3-6,13H,7H2,1-2H3. The third kappa shape index (κ3) is 2.69. The summed E-state index contributed by atoms with van der Waals surface area (Å²) in [7, 11) is 0. The van der Waals surface area contributed by atoms with E-state index in [2.05, 4.69) is 15.5 Å². The fourth-order valence-electron chi connectivity index (χ4n) is 1.53. The van der Waals surface area contributed by atoms with E-state index in [9.17, 15) is 4.79 Å². The van der Waals surface area contributed by atoms with Gasteiger partial charge >= 0.3 is 0 Å². The maximum absolute atomic E-state index is 11.4. The zero-order valence-electron chi connectivity index (χ0n) is 9.73. The summed E-state index contributed by atoms with van der Waals surface area (Å²) >= 11 is 0. The molecule has 5 nitrogen and oxygen atoms in total. The van der Waals surface area contributed by atoms with Gasteiger partial charge in [-0.25, -0.2) is 0 Å². The first-order valence-electron chi connectivity index (χ1n) is 5.30. The number of nitrogens with one attached hydrogen (secondary N) is 1. The van der Waals surface area contributed by atoms with Crippen LogP contribution in [-0.4, -0.2) is 15.9 Å². The van der Waals surface area contributed by atoms with E-state index in [1.54, 1.807) is 13.0 Å². The zero-order valence-corrected chi connectivity index (χ0v) is 9.73. The molecule has 1 aromatic heterocycles. The number of aromatic nitrogens is 2. The van der Waals surface area contributed by atoms with Crippen molar-refractivity contribution in [3.63, 3.8) is 0 Å². The Bertz CT molecular complexity index is 534. The molecule has 0 spiro atoms. The number of benzene rings is 1. The van der Waals surface area contributed by atoms with Gasteiger partial charge in [0.25, 0.3) is 0 Å². The summed E-state index contributed by atoms with van der Waals surface area (Å²) in [5.74, 6) is 1.12. The highest BCUT2D eigenvalue weighted by atomic mass is 16.5. The van der Waals surface area contributed by atoms with E-state index in [0.29, 0.717) is 23.8 Å². The van der Waals surface area contributed by atoms with E-state index in [-0.39, 0.29) is 5.78 Å². The molecule has 17 heavy (non-hydrogen) atoms. The first-order chi connectivity index (χ1) is 8.16. The smallest absolute Gasteiger partial charge is 0.245 e. The summed E-state index contributed by atoms with van der Waals surface area (Å²) < 4.78 is 4.98. The third-order valence-electron chi connectivity index (χ3n) is 2.31. The summed E-state index contributed by atoms with van der Waals surface area (Å²) in [5, 5.41) is 6.80. The molecule has 5 heteroatoms. The van der Waals surface area contributed by atoms with E-state index in [1.807, 2.05) is 18.2 Å². The minimum Gasteiger partial charge on any atom is -0.376 e. The van der Waals surface area contributed by atoms with Gasteiger partial charge in [-0.1, -0.05) is 17.3 Å². The van der Waals surface area contributed by atoms with Crippen LogP contribution in [0.25, 0.3) is 0 Å². The lowest BCUT2D eigenvalue weighted by Crippen LogP contribution is -2.05. The Morgan fingerprint density at radius 1 is 1.41 bits per heavy atom. The summed E-state index contributed by atoms with van der Waals surface area (Å²) in [6, 6.07) is 7.33. The van der Waals surface area contributed by atoms with E-state index in [0.717, 1.165) is 5.69 Å². The highest BCUT2D eigenvalue weighted by Crippen LogP contribution is 2.16. The molecule has 0 aliphatic heterocycles. The summed E-state index contributed by atoms with van der Waals surface area (Å²) in [6.45, 7) is 3.71. The van der Waals surface area contributed by atoms with E-state index in [4.69, 9.17) is 4.52 Å². The lowest BCUT2D eigenvalue weighted by molar-refractivity contribution is 0.101.